The SMILES string of the molecule is CCCCNc1cc(N)nc(Cc2ccc(OCCN3CCCC3)cc2)c1. The average molecular weight is 369 g/mol. The fraction of sp³-hybridized carbons (Fsp3) is 0.500. The normalized spacial score (nSPS) is 14.4. The second kappa shape index (κ2) is 10.2. The fourth-order valence-electron chi connectivity index (χ4n) is 3.42. The second-order valence-corrected chi connectivity index (χ2v) is 7.27. The second-order valence-electron chi connectivity index (χ2n) is 7.27. The first-order valence-corrected chi connectivity index (χ1v) is 10.2. The molecule has 0 unspecified atom stereocenters. The number of aromatic nitrogens is 1. The van der Waals surface area contributed by atoms with E-state index in [1.807, 2.05) is 18.2 Å². The van der Waals surface area contributed by atoms with Crippen LogP contribution < -0.4 is 15.8 Å². The zero-order valence-electron chi connectivity index (χ0n) is 16.4. The Labute approximate surface area is 162 Å². The molecule has 1 aliphatic heterocycles. The van der Waals surface area contributed by atoms with Gasteiger partial charge in [-0.05, 0) is 56.1 Å². The minimum absolute atomic E-state index is 0.563. The van der Waals surface area contributed by atoms with Crippen molar-refractivity contribution in [3.63, 3.8) is 0 Å². The molecule has 1 aromatic heterocycles. The molecule has 1 saturated heterocycles. The van der Waals surface area contributed by atoms with Crippen molar-refractivity contribution in [2.45, 2.75) is 39.0 Å². The molecule has 3 rings (SSSR count). The maximum atomic E-state index is 5.97. The zero-order chi connectivity index (χ0) is 18.9. The first-order valence-electron chi connectivity index (χ1n) is 10.2. The summed E-state index contributed by atoms with van der Waals surface area (Å²) in [7, 11) is 0. The van der Waals surface area contributed by atoms with Crippen LogP contribution in [0.15, 0.2) is 36.4 Å². The van der Waals surface area contributed by atoms with Crippen LogP contribution >= 0.6 is 0 Å². The van der Waals surface area contributed by atoms with Crippen molar-refractivity contribution in [1.82, 2.24) is 9.88 Å². The van der Waals surface area contributed by atoms with Gasteiger partial charge in [-0.1, -0.05) is 25.5 Å². The number of nitrogens with two attached hydrogens (primary N) is 1. The lowest BCUT2D eigenvalue weighted by Crippen LogP contribution is -2.25. The third-order valence-electron chi connectivity index (χ3n) is 4.94. The van der Waals surface area contributed by atoms with Gasteiger partial charge in [0.1, 0.15) is 18.2 Å². The van der Waals surface area contributed by atoms with Crippen LogP contribution in [0.25, 0.3) is 0 Å². The van der Waals surface area contributed by atoms with Crippen LogP contribution in [0.3, 0.4) is 0 Å². The minimum atomic E-state index is 0.563. The first kappa shape index (κ1) is 19.5. The highest BCUT2D eigenvalue weighted by molar-refractivity contribution is 5.52. The standard InChI is InChI=1S/C22H32N4O/c1-2-3-10-24-19-16-20(25-22(23)17-19)15-18-6-8-21(9-7-18)27-14-13-26-11-4-5-12-26/h6-9,16-17H,2-5,10-15H2,1H3,(H3,23,24,25). The summed E-state index contributed by atoms with van der Waals surface area (Å²) in [6.07, 6.45) is 5.73. The molecule has 1 aliphatic rings. The van der Waals surface area contributed by atoms with E-state index in [-0.39, 0.29) is 0 Å². The lowest BCUT2D eigenvalue weighted by molar-refractivity contribution is 0.238. The molecule has 27 heavy (non-hydrogen) atoms. The van der Waals surface area contributed by atoms with Crippen LogP contribution in [0.2, 0.25) is 0 Å². The molecule has 0 bridgehead atoms. The molecule has 5 nitrogen and oxygen atoms in total. The van der Waals surface area contributed by atoms with E-state index in [2.05, 4.69) is 40.3 Å². The van der Waals surface area contributed by atoms with Crippen molar-refractivity contribution < 1.29 is 4.74 Å². The number of nitrogens with one attached hydrogen (secondary N) is 1. The van der Waals surface area contributed by atoms with Gasteiger partial charge in [0, 0.05) is 37.0 Å². The molecule has 2 heterocycles. The zero-order valence-corrected chi connectivity index (χ0v) is 16.4. The summed E-state index contributed by atoms with van der Waals surface area (Å²) in [4.78, 5) is 6.94. The highest BCUT2D eigenvalue weighted by atomic mass is 16.5. The van der Waals surface area contributed by atoms with Crippen LogP contribution in [-0.4, -0.2) is 42.7 Å². The summed E-state index contributed by atoms with van der Waals surface area (Å²) >= 11 is 0. The number of pyridine rings is 1. The summed E-state index contributed by atoms with van der Waals surface area (Å²) in [6.45, 7) is 7.35. The molecule has 0 atom stereocenters. The van der Waals surface area contributed by atoms with Crippen molar-refractivity contribution in [2.75, 3.05) is 43.8 Å². The lowest BCUT2D eigenvalue weighted by atomic mass is 10.1. The third-order valence-corrected chi connectivity index (χ3v) is 4.94. The van der Waals surface area contributed by atoms with E-state index in [0.717, 1.165) is 49.7 Å². The Morgan fingerprint density at radius 2 is 1.93 bits per heavy atom. The van der Waals surface area contributed by atoms with Crippen molar-refractivity contribution in [2.24, 2.45) is 0 Å². The molecular weight excluding hydrogens is 336 g/mol. The number of hydrogen-bond donors (Lipinski definition) is 2. The number of rotatable bonds is 10. The van der Waals surface area contributed by atoms with Crippen molar-refractivity contribution >= 4 is 11.5 Å². The summed E-state index contributed by atoms with van der Waals surface area (Å²) in [5, 5.41) is 3.42. The number of benzene rings is 1. The van der Waals surface area contributed by atoms with E-state index in [0.29, 0.717) is 5.82 Å². The molecule has 0 spiro atoms. The molecule has 0 aliphatic carbocycles. The molecule has 3 N–H and O–H groups in total. The van der Waals surface area contributed by atoms with Gasteiger partial charge < -0.3 is 15.8 Å². The van der Waals surface area contributed by atoms with E-state index in [9.17, 15) is 0 Å². The molecule has 0 saturated carbocycles. The van der Waals surface area contributed by atoms with Gasteiger partial charge in [-0.15, -0.1) is 0 Å². The lowest BCUT2D eigenvalue weighted by Gasteiger charge is -2.15. The number of likely N-dealkylation sites (tertiary alicyclic amines) is 1. The number of ether oxygens (including phenoxy) is 1. The Bertz CT molecular complexity index is 696. The van der Waals surface area contributed by atoms with Crippen molar-refractivity contribution in [1.29, 1.82) is 0 Å². The predicted octanol–water partition coefficient (Wildman–Crippen LogP) is 3.94. The molecule has 1 aromatic carbocycles. The quantitative estimate of drug-likeness (QED) is 0.622. The largest absolute Gasteiger partial charge is 0.492 e. The van der Waals surface area contributed by atoms with Crippen LogP contribution in [0.5, 0.6) is 5.75 Å². The van der Waals surface area contributed by atoms with E-state index in [1.165, 1.54) is 37.9 Å². The van der Waals surface area contributed by atoms with E-state index in [4.69, 9.17) is 10.5 Å². The van der Waals surface area contributed by atoms with Gasteiger partial charge in [0.05, 0.1) is 0 Å². The van der Waals surface area contributed by atoms with Crippen LogP contribution in [0, 0.1) is 0 Å². The Hall–Kier alpha value is -2.27. The number of hydrogen-bond acceptors (Lipinski definition) is 5. The molecule has 5 heteroatoms. The van der Waals surface area contributed by atoms with Crippen molar-refractivity contribution in [3.05, 3.63) is 47.7 Å². The average Bonchev–Trinajstić information content (AvgIpc) is 3.16. The van der Waals surface area contributed by atoms with Gasteiger partial charge >= 0.3 is 0 Å². The van der Waals surface area contributed by atoms with E-state index >= 15 is 0 Å². The predicted molar refractivity (Wildman–Crippen MR) is 112 cm³/mol. The van der Waals surface area contributed by atoms with Gasteiger partial charge in [-0.3, -0.25) is 4.90 Å². The number of anilines is 2. The molecule has 1 fully saturated rings. The van der Waals surface area contributed by atoms with Crippen molar-refractivity contribution in [3.8, 4) is 5.75 Å². The monoisotopic (exact) mass is 368 g/mol. The summed E-state index contributed by atoms with van der Waals surface area (Å²) < 4.78 is 5.88. The molecule has 0 radical (unpaired) electrons. The first-order chi connectivity index (χ1) is 13.2. The Morgan fingerprint density at radius 1 is 1.15 bits per heavy atom. The van der Waals surface area contributed by atoms with E-state index < -0.39 is 0 Å². The Kier molecular flexibility index (Phi) is 7.34. The van der Waals surface area contributed by atoms with Gasteiger partial charge in [0.15, 0.2) is 0 Å². The molecule has 146 valence electrons. The Balaban J connectivity index is 1.51. The highest BCUT2D eigenvalue weighted by Gasteiger charge is 2.10. The summed E-state index contributed by atoms with van der Waals surface area (Å²) in [6, 6.07) is 12.3. The minimum Gasteiger partial charge on any atom is -0.492 e. The van der Waals surface area contributed by atoms with Gasteiger partial charge in [-0.2, -0.15) is 0 Å². The van der Waals surface area contributed by atoms with E-state index in [1.54, 1.807) is 0 Å². The topological polar surface area (TPSA) is 63.4 Å². The maximum absolute atomic E-state index is 5.97. The summed E-state index contributed by atoms with van der Waals surface area (Å²) in [5.74, 6) is 1.49. The number of nitrogen functional groups attached to an aromatic ring is 1. The molecular formula is C22H32N4O. The number of unbranched alkanes of at least 4 members (excludes halogenated alkanes) is 1. The third kappa shape index (κ3) is 6.43. The molecule has 0 amide bonds. The van der Waals surface area contributed by atoms with Gasteiger partial charge in [0.2, 0.25) is 0 Å². The summed E-state index contributed by atoms with van der Waals surface area (Å²) in [5.41, 5.74) is 9.21. The van der Waals surface area contributed by atoms with Gasteiger partial charge in [0.25, 0.3) is 0 Å². The molecule has 2 aromatic rings. The number of nitrogens with zero attached hydrogens (tertiary/aromatic N) is 2. The highest BCUT2D eigenvalue weighted by Crippen LogP contribution is 2.19. The Morgan fingerprint density at radius 3 is 2.67 bits per heavy atom. The fourth-order valence-corrected chi connectivity index (χ4v) is 3.42. The van der Waals surface area contributed by atoms with Gasteiger partial charge in [-0.25, -0.2) is 4.98 Å². The van der Waals surface area contributed by atoms with Crippen LogP contribution in [-0.2, 0) is 6.42 Å². The maximum Gasteiger partial charge on any atom is 0.125 e. The van der Waals surface area contributed by atoms with Crippen LogP contribution in [0.4, 0.5) is 11.5 Å². The van der Waals surface area contributed by atoms with Crippen LogP contribution in [0.1, 0.15) is 43.9 Å². The smallest absolute Gasteiger partial charge is 0.125 e.